The third kappa shape index (κ3) is 5.44. The molecular formula is C33H41ClN2O5S. The highest BCUT2D eigenvalue weighted by molar-refractivity contribution is 7.99. The molecule has 42 heavy (non-hydrogen) atoms. The summed E-state index contributed by atoms with van der Waals surface area (Å²) in [6, 6.07) is 11.9. The summed E-state index contributed by atoms with van der Waals surface area (Å²) in [5.74, 6) is 5.36. The Labute approximate surface area is 254 Å². The third-order valence-corrected chi connectivity index (χ3v) is 11.9. The Morgan fingerprint density at radius 1 is 1.17 bits per heavy atom. The number of halogens is 1. The van der Waals surface area contributed by atoms with Crippen molar-refractivity contribution in [2.75, 3.05) is 37.0 Å². The van der Waals surface area contributed by atoms with Crippen molar-refractivity contribution >= 4 is 38.8 Å². The fourth-order valence-electron chi connectivity index (χ4n) is 8.02. The highest BCUT2D eigenvalue weighted by Crippen LogP contribution is 2.48. The van der Waals surface area contributed by atoms with Crippen LogP contribution in [-0.2, 0) is 31.0 Å². The Kier molecular flexibility index (Phi) is 7.48. The first-order valence-corrected chi connectivity index (χ1v) is 17.7. The maximum Gasteiger partial charge on any atom is 0.262 e. The maximum atomic E-state index is 13.4. The number of benzene rings is 2. The Hall–Kier alpha value is -2.26. The number of anilines is 1. The SMILES string of the molecule is C=S1(=O)CCO[C@H]2C[C@H](C)O[C@H](C2)[C@@H]2CC[C@H]2CN2C[C@@]3(CCCc4cc(Cl)ccc43)COc3ccc(cc32)C(=O)N1. The minimum atomic E-state index is -2.87. The highest BCUT2D eigenvalue weighted by Gasteiger charge is 2.46. The van der Waals surface area contributed by atoms with Gasteiger partial charge in [-0.15, -0.1) is 0 Å². The van der Waals surface area contributed by atoms with Crippen LogP contribution in [0.15, 0.2) is 36.4 Å². The van der Waals surface area contributed by atoms with E-state index < -0.39 is 9.71 Å². The molecule has 226 valence electrons. The summed E-state index contributed by atoms with van der Waals surface area (Å²) in [7, 11) is -2.87. The van der Waals surface area contributed by atoms with Crippen LogP contribution < -0.4 is 14.4 Å². The smallest absolute Gasteiger partial charge is 0.262 e. The fourth-order valence-corrected chi connectivity index (χ4v) is 9.14. The van der Waals surface area contributed by atoms with Gasteiger partial charge in [0.2, 0.25) is 0 Å². The lowest BCUT2D eigenvalue weighted by Crippen LogP contribution is -2.51. The minimum Gasteiger partial charge on any atom is -0.490 e. The molecule has 3 heterocycles. The molecule has 5 aliphatic rings. The molecule has 7 nitrogen and oxygen atoms in total. The molecule has 2 aromatic carbocycles. The molecule has 4 bridgehead atoms. The predicted octanol–water partition coefficient (Wildman–Crippen LogP) is 5.17. The van der Waals surface area contributed by atoms with Crippen LogP contribution in [0.25, 0.3) is 0 Å². The molecule has 1 N–H and O–H groups in total. The molecular weight excluding hydrogens is 572 g/mol. The normalized spacial score (nSPS) is 36.5. The molecule has 2 fully saturated rings. The van der Waals surface area contributed by atoms with Crippen LogP contribution in [0.4, 0.5) is 5.69 Å². The van der Waals surface area contributed by atoms with Crippen molar-refractivity contribution < 1.29 is 23.2 Å². The first kappa shape index (κ1) is 28.5. The lowest BCUT2D eigenvalue weighted by Gasteiger charge is -2.48. The number of amides is 1. The van der Waals surface area contributed by atoms with Gasteiger partial charge in [0.1, 0.15) is 5.75 Å². The molecule has 1 spiro atoms. The molecule has 2 aromatic rings. The average Bonchev–Trinajstić information content (AvgIpc) is 3.07. The van der Waals surface area contributed by atoms with Gasteiger partial charge in [0.05, 0.1) is 43.0 Å². The van der Waals surface area contributed by atoms with Crippen LogP contribution in [-0.4, -0.2) is 66.4 Å². The highest BCUT2D eigenvalue weighted by atomic mass is 35.5. The Morgan fingerprint density at radius 3 is 2.88 bits per heavy atom. The zero-order chi connectivity index (χ0) is 29.1. The fraction of sp³-hybridized carbons (Fsp3) is 0.576. The molecule has 1 unspecified atom stereocenters. The van der Waals surface area contributed by atoms with Gasteiger partial charge in [0.15, 0.2) is 0 Å². The Bertz CT molecular complexity index is 1480. The standard InChI is InChI=1S/C33H41ClN2O5S/c1-21-14-26-17-31(41-21)27-8-5-24(27)18-36-19-33(11-3-4-22-15-25(34)7-9-28(22)33)20-40-30-10-6-23(16-29(30)36)32(37)35-42(2,38)13-12-39-26/h6-7,9-10,15-16,21,24,26-27,31H,2-5,8,11-14,17-20H2,1H3,(H,35,37,38)/t21-,24-,26-,27+,31+,33-,42?/m0/s1. The molecule has 3 aliphatic heterocycles. The predicted molar refractivity (Wildman–Crippen MR) is 167 cm³/mol. The Morgan fingerprint density at radius 2 is 2.05 bits per heavy atom. The second-order valence-corrected chi connectivity index (χ2v) is 15.9. The molecule has 7 rings (SSSR count). The van der Waals surface area contributed by atoms with Crippen LogP contribution in [0.3, 0.4) is 0 Å². The van der Waals surface area contributed by atoms with E-state index in [1.54, 1.807) is 6.07 Å². The van der Waals surface area contributed by atoms with Crippen LogP contribution in [0.5, 0.6) is 5.75 Å². The van der Waals surface area contributed by atoms with Crippen LogP contribution in [0.1, 0.15) is 66.9 Å². The van der Waals surface area contributed by atoms with E-state index in [1.165, 1.54) is 11.1 Å². The van der Waals surface area contributed by atoms with E-state index in [1.807, 2.05) is 18.2 Å². The van der Waals surface area contributed by atoms with Gasteiger partial charge in [-0.1, -0.05) is 17.7 Å². The van der Waals surface area contributed by atoms with Gasteiger partial charge in [-0.25, -0.2) is 4.21 Å². The van der Waals surface area contributed by atoms with E-state index in [9.17, 15) is 9.00 Å². The largest absolute Gasteiger partial charge is 0.490 e. The minimum absolute atomic E-state index is 0.0542. The number of fused-ring (bicyclic) bond motifs is 7. The van der Waals surface area contributed by atoms with Crippen molar-refractivity contribution in [2.45, 2.75) is 75.6 Å². The van der Waals surface area contributed by atoms with Gasteiger partial charge in [-0.05, 0) is 105 Å². The van der Waals surface area contributed by atoms with Gasteiger partial charge in [0.25, 0.3) is 5.91 Å². The summed E-state index contributed by atoms with van der Waals surface area (Å²) in [4.78, 5) is 15.8. The molecule has 9 heteroatoms. The van der Waals surface area contributed by atoms with Gasteiger partial charge < -0.3 is 19.1 Å². The summed E-state index contributed by atoms with van der Waals surface area (Å²) in [5, 5.41) is 0.771. The first-order valence-electron chi connectivity index (χ1n) is 15.4. The number of hydrogen-bond donors (Lipinski definition) is 1. The van der Waals surface area contributed by atoms with Crippen molar-refractivity contribution in [1.29, 1.82) is 0 Å². The van der Waals surface area contributed by atoms with Crippen molar-refractivity contribution in [1.82, 2.24) is 4.72 Å². The Balaban J connectivity index is 1.29. The van der Waals surface area contributed by atoms with Crippen LogP contribution >= 0.6 is 11.6 Å². The van der Waals surface area contributed by atoms with E-state index >= 15 is 0 Å². The van der Waals surface area contributed by atoms with Gasteiger partial charge >= 0.3 is 0 Å². The number of hydrogen-bond acceptors (Lipinski definition) is 6. The number of ether oxygens (including phenoxy) is 3. The number of rotatable bonds is 0. The number of aryl methyl sites for hydroxylation is 1. The average molecular weight is 613 g/mol. The lowest BCUT2D eigenvalue weighted by atomic mass is 9.67. The molecule has 2 aliphatic carbocycles. The zero-order valence-corrected chi connectivity index (χ0v) is 25.9. The summed E-state index contributed by atoms with van der Waals surface area (Å²) in [6.45, 7) is 4.64. The number of carbonyl (C=O) groups excluding carboxylic acids is 1. The van der Waals surface area contributed by atoms with Gasteiger partial charge in [-0.3, -0.25) is 9.52 Å². The maximum absolute atomic E-state index is 13.4. The molecule has 1 saturated heterocycles. The van der Waals surface area contributed by atoms with E-state index in [2.05, 4.69) is 34.5 Å². The quantitative estimate of drug-likeness (QED) is 0.414. The summed E-state index contributed by atoms with van der Waals surface area (Å²) in [5.41, 5.74) is 3.82. The molecule has 7 atom stereocenters. The molecule has 1 saturated carbocycles. The lowest BCUT2D eigenvalue weighted by molar-refractivity contribution is -0.146. The molecule has 1 amide bonds. The van der Waals surface area contributed by atoms with Crippen molar-refractivity contribution in [3.8, 4) is 5.75 Å². The number of nitrogens with zero attached hydrogens (tertiary/aromatic N) is 1. The van der Waals surface area contributed by atoms with Crippen LogP contribution in [0.2, 0.25) is 5.02 Å². The second kappa shape index (κ2) is 11.0. The van der Waals surface area contributed by atoms with E-state index in [4.69, 9.17) is 25.8 Å². The van der Waals surface area contributed by atoms with E-state index in [-0.39, 0.29) is 35.4 Å². The van der Waals surface area contributed by atoms with Crippen molar-refractivity contribution in [3.63, 3.8) is 0 Å². The topological polar surface area (TPSA) is 77.1 Å². The summed E-state index contributed by atoms with van der Waals surface area (Å²) >= 11 is 6.43. The van der Waals surface area contributed by atoms with Crippen molar-refractivity contribution in [2.24, 2.45) is 11.8 Å². The van der Waals surface area contributed by atoms with Crippen molar-refractivity contribution in [3.05, 3.63) is 58.1 Å². The summed E-state index contributed by atoms with van der Waals surface area (Å²) < 4.78 is 35.3. The third-order valence-electron chi connectivity index (χ3n) is 10.3. The zero-order valence-electron chi connectivity index (χ0n) is 24.3. The van der Waals surface area contributed by atoms with Gasteiger partial charge in [0, 0.05) is 45.2 Å². The monoisotopic (exact) mass is 612 g/mol. The van der Waals surface area contributed by atoms with E-state index in [0.29, 0.717) is 30.6 Å². The van der Waals surface area contributed by atoms with E-state index in [0.717, 1.165) is 74.5 Å². The molecule has 0 aromatic heterocycles. The number of carbonyl (C=O) groups is 1. The van der Waals surface area contributed by atoms with Gasteiger partial charge in [-0.2, -0.15) is 0 Å². The number of nitrogens with one attached hydrogen (secondary N) is 1. The molecule has 0 radical (unpaired) electrons. The van der Waals surface area contributed by atoms with Crippen LogP contribution in [0, 0.1) is 11.8 Å². The second-order valence-electron chi connectivity index (χ2n) is 13.2. The summed E-state index contributed by atoms with van der Waals surface area (Å²) in [6.07, 6.45) is 7.40. The first-order chi connectivity index (χ1) is 20.2.